The fourth-order valence-electron chi connectivity index (χ4n) is 18.8. The number of hydrazine groups is 1. The van der Waals surface area contributed by atoms with Gasteiger partial charge in [0.2, 0.25) is 11.8 Å². The molecule has 648 valence electrons. The number of benzene rings is 3. The second-order valence-electron chi connectivity index (χ2n) is 32.5. The third-order valence-electron chi connectivity index (χ3n) is 24.7. The van der Waals surface area contributed by atoms with Gasteiger partial charge in [0.1, 0.15) is 36.7 Å². The maximum atomic E-state index is 15.3. The number of rotatable bonds is 42. The van der Waals surface area contributed by atoms with Gasteiger partial charge in [-0.15, -0.1) is 0 Å². The molecule has 4 aliphatic heterocycles. The van der Waals surface area contributed by atoms with E-state index in [4.69, 9.17) is 31.4 Å². The Hall–Kier alpha value is -10.2. The lowest BCUT2D eigenvalue weighted by Gasteiger charge is -2.63. The van der Waals surface area contributed by atoms with Gasteiger partial charge in [-0.2, -0.15) is 0 Å². The highest BCUT2D eigenvalue weighted by Gasteiger charge is 2.79. The highest BCUT2D eigenvalue weighted by Crippen LogP contribution is 2.68. The fourth-order valence-corrected chi connectivity index (χ4v) is 20.8. The summed E-state index contributed by atoms with van der Waals surface area (Å²) in [5.74, 6) is -3.92. The molecule has 3 aromatic heterocycles. The Kier molecular flexibility index (Phi) is 29.9. The summed E-state index contributed by atoms with van der Waals surface area (Å²) in [4.78, 5) is 157. The van der Waals surface area contributed by atoms with Crippen LogP contribution in [0.4, 0.5) is 22.0 Å². The molecule has 1 saturated carbocycles. The van der Waals surface area contributed by atoms with E-state index in [1.807, 2.05) is 55.2 Å². The number of hydrogen-bond acceptors (Lipinski definition) is 26. The van der Waals surface area contributed by atoms with Crippen molar-refractivity contribution in [1.82, 2.24) is 57.0 Å². The van der Waals surface area contributed by atoms with Gasteiger partial charge in [-0.1, -0.05) is 86.6 Å². The van der Waals surface area contributed by atoms with Crippen molar-refractivity contribution in [3.63, 3.8) is 0 Å². The molecule has 1 unspecified atom stereocenters. The predicted molar refractivity (Wildman–Crippen MR) is 460 cm³/mol. The Balaban J connectivity index is 0.631. The zero-order chi connectivity index (χ0) is 86.4. The monoisotopic (exact) mass is 1690 g/mol. The number of carbonyl (C=O) groups is 9. The third kappa shape index (κ3) is 19.4. The zero-order valence-electron chi connectivity index (χ0n) is 69.4. The van der Waals surface area contributed by atoms with E-state index in [1.165, 1.54) is 33.9 Å². The standard InChI is InChI=1S/C85H115N17O16S2/c1-9-57-58-19-12-13-20-61(58)96-70(57)83(47-117-48-103,42-52-41-81(114,10-2)46-89-43-52)60-38-59-64(40-67(60)116-8)101(7)76-84(59)28-32-102-31-17-27-82(11-3,75(84)102)77(111)85(76,115)78(112)99-100-80(113)118-33-35-120-119-34-16-22-65(105)51(6)94-71(107)50(5)37-66(106)62(21-15-30-91-79(87)88)97-72(108)49(4)36-56(104)18-14-29-90-73(109)53-23-25-54(26-24-53)92-44-55-45-93-63-39-68(86)98-74(110)69(63)95-55/h12-13,17,19-20,23-27,38-40,45,48-52,62,75-77,89,92,96,111,114-115H,9-11,14-16,18,21-22,28-37,41-44,46-47H2,1-8H3,(H,90,109)(H,94,107)(H,97,108)(H,99,112)(H,100,113)(H3,86,98,110)(H4,87,88,91)/t49-,50-,51+,52-,62+,75+,76-,77-,81?,82-,83+,84-,85-/m1/s1. The van der Waals surface area contributed by atoms with Gasteiger partial charge in [0.05, 0.1) is 60.2 Å². The molecular weight excluding hydrogens is 1580 g/mol. The number of carbonyl (C=O) groups excluding carboxylic acids is 9. The Morgan fingerprint density at radius 3 is 2.37 bits per heavy atom. The number of β-amino-alcohol motifs (C(OH)–C–C–N with tert-alkyl or cyclic N) is 1. The molecule has 5 amide bonds. The average molecular weight is 1700 g/mol. The molecule has 0 bridgehead atoms. The molecule has 18 N–H and O–H groups in total. The number of aliphatic imine (C=N–C) groups is 1. The first-order valence-electron chi connectivity index (χ1n) is 41.3. The molecule has 6 aromatic rings. The van der Waals surface area contributed by atoms with E-state index in [0.29, 0.717) is 141 Å². The number of H-pyrrole nitrogens is 2. The first-order valence-corrected chi connectivity index (χ1v) is 43.8. The number of aliphatic hydroxyl groups is 3. The smallest absolute Gasteiger partial charge is 0.426 e. The lowest BCUT2D eigenvalue weighted by atomic mass is 9.47. The van der Waals surface area contributed by atoms with Crippen LogP contribution in [0, 0.1) is 23.2 Å². The van der Waals surface area contributed by atoms with Crippen LogP contribution in [0.5, 0.6) is 5.75 Å². The van der Waals surface area contributed by atoms with E-state index in [9.17, 15) is 58.5 Å². The maximum absolute atomic E-state index is 15.3. The van der Waals surface area contributed by atoms with Crippen molar-refractivity contribution in [2.45, 2.75) is 190 Å². The van der Waals surface area contributed by atoms with Crippen LogP contribution in [-0.4, -0.2) is 219 Å². The summed E-state index contributed by atoms with van der Waals surface area (Å²) in [6.45, 7) is 13.7. The van der Waals surface area contributed by atoms with Crippen LogP contribution in [0.25, 0.3) is 21.9 Å². The van der Waals surface area contributed by atoms with E-state index < -0.39 is 105 Å². The number of methoxy groups -OCH3 is 1. The number of guanidine groups is 1. The van der Waals surface area contributed by atoms with Crippen LogP contribution in [0.1, 0.15) is 163 Å². The van der Waals surface area contributed by atoms with Gasteiger partial charge in [0.15, 0.2) is 28.6 Å². The third-order valence-corrected chi connectivity index (χ3v) is 27.2. The normalized spacial score (nSPS) is 23.0. The van der Waals surface area contributed by atoms with E-state index in [2.05, 4.69) is 86.3 Å². The number of hydrogen-bond donors (Lipinski definition) is 15. The second kappa shape index (κ2) is 39.6. The number of ether oxygens (including phenoxy) is 3. The Morgan fingerprint density at radius 2 is 1.63 bits per heavy atom. The predicted octanol–water partition coefficient (Wildman–Crippen LogP) is 5.30. The molecule has 11 rings (SSSR count). The summed E-state index contributed by atoms with van der Waals surface area (Å²) >= 11 is 0. The Morgan fingerprint density at radius 1 is 0.883 bits per heavy atom. The Labute approximate surface area is 705 Å². The zero-order valence-corrected chi connectivity index (χ0v) is 71.0. The molecule has 3 fully saturated rings. The van der Waals surface area contributed by atoms with Gasteiger partial charge in [-0.05, 0) is 138 Å². The van der Waals surface area contributed by atoms with Crippen molar-refractivity contribution in [3.8, 4) is 5.75 Å². The summed E-state index contributed by atoms with van der Waals surface area (Å²) in [5.41, 5.74) is 21.2. The van der Waals surface area contributed by atoms with Crippen molar-refractivity contribution >= 4 is 120 Å². The number of anilines is 3. The van der Waals surface area contributed by atoms with Gasteiger partial charge in [0.25, 0.3) is 23.8 Å². The molecule has 0 radical (unpaired) electrons. The number of para-hydroxylation sites is 1. The van der Waals surface area contributed by atoms with Gasteiger partial charge >= 0.3 is 6.09 Å². The molecule has 7 heterocycles. The van der Waals surface area contributed by atoms with Crippen LogP contribution in [-0.2, 0) is 66.8 Å². The van der Waals surface area contributed by atoms with Crippen LogP contribution >= 0.6 is 21.6 Å². The van der Waals surface area contributed by atoms with Crippen molar-refractivity contribution in [1.29, 1.82) is 0 Å². The lowest BCUT2D eigenvalue weighted by Crippen LogP contribution is -2.82. The SMILES string of the molecule is CCc1c([C@](COC=O)(C[C@@H]2CNCC(O)(CC)C2)c2cc3c(cc2OC)N(C)[C@H]2[C@](O)(C(=O)NNC(=O)OCCSSCCCC(=O)[C@H](C)NC(=O)[C@H](C)CC(=O)[C@H](CCCN=C(N)N)NC(=O)[C@H](C)CC(=O)CCCNC(=O)c4ccc(NCc5cnc6cc(N)[nH]c(=O)c6n5)cc4)[C@H](O)[C@]4(CC)C=CCN5CC[C@]32[C@@H]54)[nH]c2ccccc12. The van der Waals surface area contributed by atoms with Crippen molar-refractivity contribution < 1.29 is 72.7 Å². The highest BCUT2D eigenvalue weighted by molar-refractivity contribution is 8.76. The number of aromatic amines is 2. The van der Waals surface area contributed by atoms with Crippen LogP contribution in [0.3, 0.4) is 0 Å². The number of nitrogens with two attached hydrogens (primary N) is 3. The summed E-state index contributed by atoms with van der Waals surface area (Å²) < 4.78 is 18.0. The number of aromatic nitrogens is 4. The van der Waals surface area contributed by atoms with Gasteiger partial charge < -0.3 is 88.2 Å². The van der Waals surface area contributed by atoms with E-state index in [1.54, 1.807) is 59.2 Å². The number of aryl methyl sites for hydroxylation is 1. The summed E-state index contributed by atoms with van der Waals surface area (Å²) in [5, 5.41) is 54.6. The van der Waals surface area contributed by atoms with Gasteiger partial charge in [0, 0.05) is 150 Å². The summed E-state index contributed by atoms with van der Waals surface area (Å²) in [6, 6.07) is 16.8. The topological polar surface area (TPSA) is 498 Å². The molecule has 1 aliphatic carbocycles. The first kappa shape index (κ1) is 90.6. The number of nitrogen functional groups attached to an aromatic ring is 1. The number of piperidine rings is 1. The molecule has 33 nitrogen and oxygen atoms in total. The minimum Gasteiger partial charge on any atom is -0.496 e. The number of pyridine rings is 1. The Bertz CT molecular complexity index is 4870. The molecule has 120 heavy (non-hydrogen) atoms. The van der Waals surface area contributed by atoms with Crippen molar-refractivity contribution in [2.24, 2.45) is 39.6 Å². The molecule has 2 saturated heterocycles. The first-order chi connectivity index (χ1) is 57.4. The number of nitrogens with zero attached hydrogens (tertiary/aromatic N) is 5. The van der Waals surface area contributed by atoms with Crippen molar-refractivity contribution in [2.75, 3.05) is 94.1 Å². The van der Waals surface area contributed by atoms with Gasteiger partial charge in [-0.3, -0.25) is 63.5 Å². The fraction of sp³-hybridized carbons (Fsp3) is 0.541. The summed E-state index contributed by atoms with van der Waals surface area (Å²) in [7, 11) is 6.20. The highest BCUT2D eigenvalue weighted by atomic mass is 33.1. The number of likely N-dealkylation sites (N-methyl/N-ethyl adjacent to an activating group) is 1. The molecule has 5 aliphatic rings. The molecule has 3 aromatic carbocycles. The number of amides is 5. The van der Waals surface area contributed by atoms with E-state index in [0.717, 1.165) is 27.7 Å². The molecule has 13 atom stereocenters. The molecule has 1 spiro atoms. The largest absolute Gasteiger partial charge is 0.496 e. The van der Waals surface area contributed by atoms with E-state index in [-0.39, 0.29) is 106 Å². The number of fused-ring (bicyclic) bond motifs is 3. The number of ketones is 3. The minimum atomic E-state index is -2.59. The van der Waals surface area contributed by atoms with E-state index >= 15 is 4.79 Å². The number of nitrogens with one attached hydrogen (secondary N) is 9. The number of aliphatic hydroxyl groups excluding tert-OH is 1. The number of Topliss-reactive ketones (excluding diaryl/α,β-unsaturated/α-hetero) is 3. The van der Waals surface area contributed by atoms with Crippen LogP contribution < -0.4 is 69.8 Å². The maximum Gasteiger partial charge on any atom is 0.426 e. The van der Waals surface area contributed by atoms with Crippen LogP contribution in [0.2, 0.25) is 0 Å². The average Bonchev–Trinajstić information content (AvgIpc) is 1.47. The van der Waals surface area contributed by atoms with Crippen LogP contribution in [0.15, 0.2) is 94.9 Å². The molecule has 35 heteroatoms. The second-order valence-corrected chi connectivity index (χ2v) is 35.2. The lowest BCUT2D eigenvalue weighted by molar-refractivity contribution is -0.204. The quantitative estimate of drug-likeness (QED) is 0.00440. The minimum absolute atomic E-state index is 0.0744. The molecular formula is C85H115N17O16S2. The van der Waals surface area contributed by atoms with Crippen molar-refractivity contribution in [3.05, 3.63) is 129 Å². The summed E-state index contributed by atoms with van der Waals surface area (Å²) in [6.07, 6.45) is 6.53. The van der Waals surface area contributed by atoms with Gasteiger partial charge in [-0.25, -0.2) is 15.2 Å².